The Morgan fingerprint density at radius 2 is 1.78 bits per heavy atom. The van der Waals surface area contributed by atoms with E-state index in [9.17, 15) is 9.59 Å². The summed E-state index contributed by atoms with van der Waals surface area (Å²) < 4.78 is 7.53. The van der Waals surface area contributed by atoms with Crippen LogP contribution in [0.4, 0.5) is 0 Å². The molecule has 0 saturated heterocycles. The van der Waals surface area contributed by atoms with E-state index >= 15 is 0 Å². The number of methoxy groups -OCH3 is 1. The monoisotopic (exact) mass is 380 g/mol. The van der Waals surface area contributed by atoms with Crippen molar-refractivity contribution in [1.29, 1.82) is 0 Å². The predicted octanol–water partition coefficient (Wildman–Crippen LogP) is 3.65. The number of amides is 1. The summed E-state index contributed by atoms with van der Waals surface area (Å²) in [5, 5.41) is 0. The minimum absolute atomic E-state index is 0.237. The van der Waals surface area contributed by atoms with Crippen LogP contribution < -0.4 is 4.80 Å². The lowest BCUT2D eigenvalue weighted by atomic mass is 9.90. The summed E-state index contributed by atoms with van der Waals surface area (Å²) in [6.45, 7) is 0. The topological polar surface area (TPSA) is 60.7 Å². The first-order valence-electron chi connectivity index (χ1n) is 8.95. The van der Waals surface area contributed by atoms with Gasteiger partial charge in [-0.1, -0.05) is 17.4 Å². The number of carbonyl (C=O) groups excluding carboxylic acids is 2. The summed E-state index contributed by atoms with van der Waals surface area (Å²) in [5.41, 5.74) is 4.65. The van der Waals surface area contributed by atoms with Crippen molar-refractivity contribution in [3.63, 3.8) is 0 Å². The van der Waals surface area contributed by atoms with Gasteiger partial charge in [-0.3, -0.25) is 4.79 Å². The number of hydrogen-bond acceptors (Lipinski definition) is 4. The van der Waals surface area contributed by atoms with Crippen molar-refractivity contribution >= 4 is 33.4 Å². The number of aromatic nitrogens is 1. The normalized spacial score (nSPS) is 14.2. The summed E-state index contributed by atoms with van der Waals surface area (Å²) in [4.78, 5) is 29.4. The molecule has 0 spiro atoms. The zero-order valence-electron chi connectivity index (χ0n) is 15.3. The molecular weight excluding hydrogens is 360 g/mol. The van der Waals surface area contributed by atoms with Crippen molar-refractivity contribution in [3.8, 4) is 0 Å². The highest BCUT2D eigenvalue weighted by atomic mass is 32.1. The number of hydrogen-bond donors (Lipinski definition) is 0. The first-order valence-corrected chi connectivity index (χ1v) is 9.77. The van der Waals surface area contributed by atoms with E-state index in [1.807, 2.05) is 29.8 Å². The maximum atomic E-state index is 12.7. The van der Waals surface area contributed by atoms with Gasteiger partial charge in [0, 0.05) is 12.6 Å². The number of esters is 1. The van der Waals surface area contributed by atoms with Crippen LogP contribution in [0, 0.1) is 0 Å². The predicted molar refractivity (Wildman–Crippen MR) is 105 cm³/mol. The third kappa shape index (κ3) is 3.32. The molecule has 6 heteroatoms. The molecular formula is C21H20N2O3S. The molecule has 0 unspecified atom stereocenters. The van der Waals surface area contributed by atoms with Gasteiger partial charge in [-0.2, -0.15) is 4.99 Å². The third-order valence-electron chi connectivity index (χ3n) is 5.02. The maximum Gasteiger partial charge on any atom is 0.337 e. The van der Waals surface area contributed by atoms with Gasteiger partial charge < -0.3 is 9.30 Å². The second kappa shape index (κ2) is 7.12. The number of rotatable bonds is 2. The highest BCUT2D eigenvalue weighted by Crippen LogP contribution is 2.23. The minimum atomic E-state index is -0.378. The summed E-state index contributed by atoms with van der Waals surface area (Å²) >= 11 is 1.39. The van der Waals surface area contributed by atoms with Crippen molar-refractivity contribution in [3.05, 3.63) is 63.5 Å². The number of nitrogens with zero attached hydrogens (tertiary/aromatic N) is 2. The van der Waals surface area contributed by atoms with E-state index in [0.717, 1.165) is 23.1 Å². The third-order valence-corrected chi connectivity index (χ3v) is 6.12. The minimum Gasteiger partial charge on any atom is -0.465 e. The van der Waals surface area contributed by atoms with E-state index in [1.54, 1.807) is 12.1 Å². The Balaban J connectivity index is 1.72. The van der Waals surface area contributed by atoms with Gasteiger partial charge in [-0.15, -0.1) is 0 Å². The molecule has 4 rings (SSSR count). The van der Waals surface area contributed by atoms with Gasteiger partial charge in [0.05, 0.1) is 22.9 Å². The molecule has 2 aromatic carbocycles. The first-order chi connectivity index (χ1) is 13.1. The Morgan fingerprint density at radius 3 is 2.56 bits per heavy atom. The summed E-state index contributed by atoms with van der Waals surface area (Å²) in [7, 11) is 3.23. The number of carbonyl (C=O) groups is 2. The van der Waals surface area contributed by atoms with E-state index in [2.05, 4.69) is 11.1 Å². The van der Waals surface area contributed by atoms with E-state index in [1.165, 1.54) is 42.4 Å². The van der Waals surface area contributed by atoms with Gasteiger partial charge in [-0.25, -0.2) is 4.79 Å². The maximum absolute atomic E-state index is 12.7. The molecule has 0 N–H and O–H groups in total. The van der Waals surface area contributed by atoms with Crippen LogP contribution in [-0.2, 0) is 24.6 Å². The number of ether oxygens (including phenoxy) is 1. The van der Waals surface area contributed by atoms with Gasteiger partial charge in [0.25, 0.3) is 5.91 Å². The zero-order chi connectivity index (χ0) is 19.0. The van der Waals surface area contributed by atoms with Gasteiger partial charge in [0.1, 0.15) is 0 Å². The SMILES string of the molecule is COC(=O)c1ccc2c(c1)sc(=NC(=O)c1ccc3c(c1)CCCC3)n2C. The van der Waals surface area contributed by atoms with Gasteiger partial charge in [-0.05, 0) is 67.1 Å². The molecule has 3 aromatic rings. The van der Waals surface area contributed by atoms with Crippen LogP contribution in [0.5, 0.6) is 0 Å². The summed E-state index contributed by atoms with van der Waals surface area (Å²) in [5.74, 6) is -0.615. The fourth-order valence-electron chi connectivity index (χ4n) is 3.50. The molecule has 27 heavy (non-hydrogen) atoms. The van der Waals surface area contributed by atoms with Crippen molar-refractivity contribution in [2.45, 2.75) is 25.7 Å². The van der Waals surface area contributed by atoms with Gasteiger partial charge in [0.2, 0.25) is 0 Å². The van der Waals surface area contributed by atoms with Crippen LogP contribution in [0.15, 0.2) is 41.4 Å². The molecule has 0 bridgehead atoms. The van der Waals surface area contributed by atoms with E-state index < -0.39 is 0 Å². The average Bonchev–Trinajstić information content (AvgIpc) is 3.01. The molecule has 0 fully saturated rings. The number of benzene rings is 2. The van der Waals surface area contributed by atoms with Crippen molar-refractivity contribution < 1.29 is 14.3 Å². The standard InChI is InChI=1S/C21H20N2O3S/c1-23-17-10-9-16(20(25)26-2)12-18(17)27-21(23)22-19(24)15-8-7-13-5-3-4-6-14(13)11-15/h7-12H,3-6H2,1-2H3. The second-order valence-electron chi connectivity index (χ2n) is 6.73. The van der Waals surface area contributed by atoms with Crippen LogP contribution in [0.25, 0.3) is 10.2 Å². The summed E-state index contributed by atoms with van der Waals surface area (Å²) in [6, 6.07) is 11.3. The lowest BCUT2D eigenvalue weighted by molar-refractivity contribution is 0.0601. The number of fused-ring (bicyclic) bond motifs is 2. The quantitative estimate of drug-likeness (QED) is 0.638. The molecule has 1 aromatic heterocycles. The average molecular weight is 380 g/mol. The molecule has 5 nitrogen and oxygen atoms in total. The molecule has 138 valence electrons. The fourth-order valence-corrected chi connectivity index (χ4v) is 4.56. The van der Waals surface area contributed by atoms with Gasteiger partial charge in [0.15, 0.2) is 4.80 Å². The Morgan fingerprint density at radius 1 is 1.04 bits per heavy atom. The number of aryl methyl sites for hydroxylation is 3. The van der Waals surface area contributed by atoms with Crippen molar-refractivity contribution in [2.75, 3.05) is 7.11 Å². The highest BCUT2D eigenvalue weighted by Gasteiger charge is 2.14. The van der Waals surface area contributed by atoms with Crippen LogP contribution in [0.1, 0.15) is 44.7 Å². The Labute approximate surface area is 160 Å². The lowest BCUT2D eigenvalue weighted by Crippen LogP contribution is -2.14. The van der Waals surface area contributed by atoms with Gasteiger partial charge >= 0.3 is 5.97 Å². The van der Waals surface area contributed by atoms with E-state index in [4.69, 9.17) is 4.74 Å². The van der Waals surface area contributed by atoms with E-state index in [-0.39, 0.29) is 11.9 Å². The Hall–Kier alpha value is -2.73. The Kier molecular flexibility index (Phi) is 4.66. The smallest absolute Gasteiger partial charge is 0.337 e. The van der Waals surface area contributed by atoms with Crippen LogP contribution in [-0.4, -0.2) is 23.6 Å². The fraction of sp³-hybridized carbons (Fsp3) is 0.286. The molecule has 0 saturated carbocycles. The highest BCUT2D eigenvalue weighted by molar-refractivity contribution is 7.16. The zero-order valence-corrected chi connectivity index (χ0v) is 16.1. The molecule has 1 amide bonds. The molecule has 0 atom stereocenters. The van der Waals surface area contributed by atoms with Crippen molar-refractivity contribution in [1.82, 2.24) is 4.57 Å². The molecule has 1 heterocycles. The second-order valence-corrected chi connectivity index (χ2v) is 7.73. The summed E-state index contributed by atoms with van der Waals surface area (Å²) in [6.07, 6.45) is 4.52. The lowest BCUT2D eigenvalue weighted by Gasteiger charge is -2.15. The van der Waals surface area contributed by atoms with Crippen molar-refractivity contribution in [2.24, 2.45) is 12.0 Å². The Bertz CT molecular complexity index is 1120. The molecule has 0 aliphatic heterocycles. The van der Waals surface area contributed by atoms with Crippen LogP contribution in [0.3, 0.4) is 0 Å². The molecule has 0 radical (unpaired) electrons. The largest absolute Gasteiger partial charge is 0.465 e. The number of thiazole rings is 1. The van der Waals surface area contributed by atoms with Crippen LogP contribution >= 0.6 is 11.3 Å². The van der Waals surface area contributed by atoms with E-state index in [0.29, 0.717) is 15.9 Å². The van der Waals surface area contributed by atoms with Crippen LogP contribution in [0.2, 0.25) is 0 Å². The molecule has 1 aliphatic carbocycles. The first kappa shape index (κ1) is 17.7. The molecule has 1 aliphatic rings.